The fourth-order valence-corrected chi connectivity index (χ4v) is 3.05. The van der Waals surface area contributed by atoms with Crippen molar-refractivity contribution in [3.05, 3.63) is 41.2 Å². The molecule has 2 aromatic rings. The van der Waals surface area contributed by atoms with Crippen LogP contribution in [0.15, 0.2) is 18.2 Å². The highest BCUT2D eigenvalue weighted by Gasteiger charge is 2.29. The van der Waals surface area contributed by atoms with Crippen molar-refractivity contribution in [3.8, 4) is 0 Å². The first-order valence-electron chi connectivity index (χ1n) is 9.43. The van der Waals surface area contributed by atoms with E-state index in [2.05, 4.69) is 33.9 Å². The largest absolute Gasteiger partial charge is 0.326 e. The van der Waals surface area contributed by atoms with Crippen molar-refractivity contribution in [2.75, 3.05) is 5.32 Å². The molecule has 5 nitrogen and oxygen atoms in total. The first kappa shape index (κ1) is 18.5. The van der Waals surface area contributed by atoms with Gasteiger partial charge in [-0.3, -0.25) is 4.79 Å². The Labute approximate surface area is 154 Å². The third-order valence-corrected chi connectivity index (χ3v) is 4.81. The van der Waals surface area contributed by atoms with E-state index in [1.807, 2.05) is 0 Å². The van der Waals surface area contributed by atoms with Gasteiger partial charge in [-0.25, -0.2) is 4.39 Å². The highest BCUT2D eigenvalue weighted by molar-refractivity contribution is 5.91. The van der Waals surface area contributed by atoms with Gasteiger partial charge >= 0.3 is 0 Å². The van der Waals surface area contributed by atoms with E-state index in [0.717, 1.165) is 37.3 Å². The lowest BCUT2D eigenvalue weighted by Crippen LogP contribution is -2.15. The molecule has 1 saturated carbocycles. The van der Waals surface area contributed by atoms with Gasteiger partial charge in [0.1, 0.15) is 17.5 Å². The van der Waals surface area contributed by atoms with Crippen LogP contribution in [0.3, 0.4) is 0 Å². The molecule has 0 radical (unpaired) electrons. The first-order valence-corrected chi connectivity index (χ1v) is 9.43. The molecule has 1 amide bonds. The van der Waals surface area contributed by atoms with Crippen LogP contribution in [-0.4, -0.2) is 20.7 Å². The average Bonchev–Trinajstić information content (AvgIpc) is 3.35. The maximum Gasteiger partial charge on any atom is 0.224 e. The Bertz CT molecular complexity index is 780. The second kappa shape index (κ2) is 7.98. The third-order valence-electron chi connectivity index (χ3n) is 4.81. The van der Waals surface area contributed by atoms with Crippen molar-refractivity contribution in [2.45, 2.75) is 65.3 Å². The number of hydrogen-bond donors (Lipinski definition) is 1. The molecule has 1 aliphatic carbocycles. The minimum absolute atomic E-state index is 0.132. The van der Waals surface area contributed by atoms with E-state index in [-0.39, 0.29) is 11.7 Å². The maximum atomic E-state index is 13.6. The zero-order valence-electron chi connectivity index (χ0n) is 15.8. The summed E-state index contributed by atoms with van der Waals surface area (Å²) in [6.45, 7) is 6.07. The van der Waals surface area contributed by atoms with E-state index >= 15 is 0 Å². The number of hydrogen-bond acceptors (Lipinski definition) is 3. The maximum absolute atomic E-state index is 13.6. The van der Waals surface area contributed by atoms with E-state index in [0.29, 0.717) is 36.1 Å². The first-order chi connectivity index (χ1) is 12.5. The molecule has 0 aliphatic heterocycles. The van der Waals surface area contributed by atoms with Crippen LogP contribution in [0.4, 0.5) is 10.1 Å². The number of aryl methyl sites for hydroxylation is 2. The van der Waals surface area contributed by atoms with E-state index in [9.17, 15) is 9.18 Å². The molecule has 0 atom stereocenters. The minimum Gasteiger partial charge on any atom is -0.326 e. The highest BCUT2D eigenvalue weighted by atomic mass is 19.1. The summed E-state index contributed by atoms with van der Waals surface area (Å²) >= 11 is 0. The lowest BCUT2D eigenvalue weighted by molar-refractivity contribution is -0.116. The number of nitrogens with one attached hydrogen (secondary N) is 1. The van der Waals surface area contributed by atoms with Crippen molar-refractivity contribution in [1.29, 1.82) is 0 Å². The summed E-state index contributed by atoms with van der Waals surface area (Å²) in [4.78, 5) is 12.3. The topological polar surface area (TPSA) is 59.8 Å². The molecule has 0 saturated heterocycles. The van der Waals surface area contributed by atoms with Crippen LogP contribution in [0.5, 0.6) is 0 Å². The van der Waals surface area contributed by atoms with Gasteiger partial charge in [-0.05, 0) is 44.2 Å². The molecule has 1 aliphatic rings. The lowest BCUT2D eigenvalue weighted by atomic mass is 10.1. The zero-order chi connectivity index (χ0) is 18.7. The number of carbonyl (C=O) groups is 1. The molecule has 26 heavy (non-hydrogen) atoms. The summed E-state index contributed by atoms with van der Waals surface area (Å²) < 4.78 is 15.8. The lowest BCUT2D eigenvalue weighted by Gasteiger charge is -2.11. The Balaban J connectivity index is 1.62. The molecule has 1 heterocycles. The summed E-state index contributed by atoms with van der Waals surface area (Å²) in [5.41, 5.74) is 0.981. The van der Waals surface area contributed by atoms with Crippen LogP contribution >= 0.6 is 0 Å². The zero-order valence-corrected chi connectivity index (χ0v) is 15.8. The molecule has 140 valence electrons. The number of amides is 1. The fourth-order valence-electron chi connectivity index (χ4n) is 3.05. The second-order valence-corrected chi connectivity index (χ2v) is 7.53. The van der Waals surface area contributed by atoms with Crippen molar-refractivity contribution in [2.24, 2.45) is 5.92 Å². The summed E-state index contributed by atoms with van der Waals surface area (Å²) in [7, 11) is 0. The Morgan fingerprint density at radius 1 is 1.27 bits per heavy atom. The molecule has 1 aromatic heterocycles. The highest BCUT2D eigenvalue weighted by Crippen LogP contribution is 2.37. The van der Waals surface area contributed by atoms with Crippen LogP contribution in [0.25, 0.3) is 0 Å². The fraction of sp³-hybridized carbons (Fsp3) is 0.550. The quantitative estimate of drug-likeness (QED) is 0.768. The Morgan fingerprint density at radius 2 is 1.96 bits per heavy atom. The number of aromatic nitrogens is 3. The van der Waals surface area contributed by atoms with Crippen molar-refractivity contribution < 1.29 is 9.18 Å². The predicted octanol–water partition coefficient (Wildman–Crippen LogP) is 4.22. The van der Waals surface area contributed by atoms with Gasteiger partial charge in [0.2, 0.25) is 5.91 Å². The van der Waals surface area contributed by atoms with Crippen LogP contribution in [0.1, 0.15) is 62.8 Å². The van der Waals surface area contributed by atoms with Crippen molar-refractivity contribution >= 4 is 11.6 Å². The standard InChI is InChI=1S/C20H27FN4O/c1-13(2)7-10-18-23-24-19(25(18)15-8-9-15)11-12-20(26)22-17-6-4-5-16(21)14(17)3/h4-6,13,15H,7-12H2,1-3H3,(H,22,26). The van der Waals surface area contributed by atoms with Gasteiger partial charge in [0.05, 0.1) is 0 Å². The molecule has 0 bridgehead atoms. The van der Waals surface area contributed by atoms with Gasteiger partial charge < -0.3 is 9.88 Å². The van der Waals surface area contributed by atoms with Crippen LogP contribution in [0, 0.1) is 18.7 Å². The number of nitrogens with zero attached hydrogens (tertiary/aromatic N) is 3. The molecule has 1 fully saturated rings. The number of carbonyl (C=O) groups excluding carboxylic acids is 1. The smallest absolute Gasteiger partial charge is 0.224 e. The average molecular weight is 358 g/mol. The summed E-state index contributed by atoms with van der Waals surface area (Å²) in [5, 5.41) is 11.5. The van der Waals surface area contributed by atoms with E-state index in [1.54, 1.807) is 19.1 Å². The van der Waals surface area contributed by atoms with Gasteiger partial charge in [-0.1, -0.05) is 19.9 Å². The normalized spacial score (nSPS) is 14.0. The van der Waals surface area contributed by atoms with Crippen LogP contribution in [0.2, 0.25) is 0 Å². The Kier molecular flexibility index (Phi) is 5.69. The molecular formula is C20H27FN4O. The van der Waals surface area contributed by atoms with E-state index in [4.69, 9.17) is 0 Å². The monoisotopic (exact) mass is 358 g/mol. The van der Waals surface area contributed by atoms with Crippen LogP contribution in [-0.2, 0) is 17.6 Å². The SMILES string of the molecule is Cc1c(F)cccc1NC(=O)CCc1nnc(CCC(C)C)n1C1CC1. The summed E-state index contributed by atoms with van der Waals surface area (Å²) in [5.74, 6) is 2.11. The third kappa shape index (κ3) is 4.48. The van der Waals surface area contributed by atoms with E-state index in [1.165, 1.54) is 6.07 Å². The van der Waals surface area contributed by atoms with Crippen molar-refractivity contribution in [1.82, 2.24) is 14.8 Å². The van der Waals surface area contributed by atoms with Gasteiger partial charge in [0.25, 0.3) is 0 Å². The summed E-state index contributed by atoms with van der Waals surface area (Å²) in [6.07, 6.45) is 5.19. The molecular weight excluding hydrogens is 331 g/mol. The molecule has 1 aromatic carbocycles. The van der Waals surface area contributed by atoms with Gasteiger partial charge in [0, 0.05) is 36.6 Å². The number of anilines is 1. The molecule has 3 rings (SSSR count). The molecule has 0 unspecified atom stereocenters. The van der Waals surface area contributed by atoms with Gasteiger partial charge in [-0.2, -0.15) is 0 Å². The number of benzene rings is 1. The second-order valence-electron chi connectivity index (χ2n) is 7.53. The number of rotatable bonds is 8. The summed E-state index contributed by atoms with van der Waals surface area (Å²) in [6, 6.07) is 5.20. The van der Waals surface area contributed by atoms with Crippen molar-refractivity contribution in [3.63, 3.8) is 0 Å². The van der Waals surface area contributed by atoms with E-state index < -0.39 is 0 Å². The predicted molar refractivity (Wildman–Crippen MR) is 99.5 cm³/mol. The minimum atomic E-state index is -0.314. The van der Waals surface area contributed by atoms with Gasteiger partial charge in [-0.15, -0.1) is 10.2 Å². The molecule has 6 heteroatoms. The Hall–Kier alpha value is -2.24. The molecule has 0 spiro atoms. The van der Waals surface area contributed by atoms with Crippen LogP contribution < -0.4 is 5.32 Å². The van der Waals surface area contributed by atoms with Gasteiger partial charge in [0.15, 0.2) is 0 Å². The Morgan fingerprint density at radius 3 is 2.62 bits per heavy atom. The number of halogens is 1. The molecule has 1 N–H and O–H groups in total.